The van der Waals surface area contributed by atoms with Crippen molar-refractivity contribution < 1.29 is 0 Å². The summed E-state index contributed by atoms with van der Waals surface area (Å²) in [6.07, 6.45) is 0. The highest BCUT2D eigenvalue weighted by Gasteiger charge is 2.18. The van der Waals surface area contributed by atoms with Crippen LogP contribution in [0.4, 0.5) is 0 Å². The lowest BCUT2D eigenvalue weighted by atomic mass is 9.93. The van der Waals surface area contributed by atoms with Gasteiger partial charge in [0.05, 0.1) is 0 Å². The maximum Gasteiger partial charge on any atom is 0.0451 e. The number of hydrogen-bond acceptors (Lipinski definition) is 2. The Hall–Kier alpha value is -0.280. The molecule has 0 aliphatic rings. The SMILES string of the molecule is CN(Cc1ccccc1Cl)CC(C)(C)CN.Cl. The predicted octanol–water partition coefficient (Wildman–Crippen LogP) is 3.18. The van der Waals surface area contributed by atoms with Crippen LogP contribution < -0.4 is 5.73 Å². The minimum Gasteiger partial charge on any atom is -0.330 e. The Labute approximate surface area is 116 Å². The summed E-state index contributed by atoms with van der Waals surface area (Å²) in [6, 6.07) is 7.96. The summed E-state index contributed by atoms with van der Waals surface area (Å²) in [6.45, 7) is 6.88. The molecule has 0 aliphatic carbocycles. The largest absolute Gasteiger partial charge is 0.330 e. The fraction of sp³-hybridized carbons (Fsp3) is 0.538. The van der Waals surface area contributed by atoms with Crippen LogP contribution in [0.25, 0.3) is 0 Å². The molecular weight excluding hydrogens is 255 g/mol. The lowest BCUT2D eigenvalue weighted by Crippen LogP contribution is -2.36. The van der Waals surface area contributed by atoms with E-state index in [2.05, 4.69) is 31.9 Å². The van der Waals surface area contributed by atoms with Crippen molar-refractivity contribution in [3.8, 4) is 0 Å². The highest BCUT2D eigenvalue weighted by atomic mass is 35.5. The van der Waals surface area contributed by atoms with Crippen molar-refractivity contribution in [1.82, 2.24) is 4.90 Å². The summed E-state index contributed by atoms with van der Waals surface area (Å²) < 4.78 is 0. The Balaban J connectivity index is 0.00000256. The lowest BCUT2D eigenvalue weighted by Gasteiger charge is -2.29. The van der Waals surface area contributed by atoms with Crippen LogP contribution in [0.1, 0.15) is 19.4 Å². The van der Waals surface area contributed by atoms with Gasteiger partial charge in [-0.1, -0.05) is 43.6 Å². The topological polar surface area (TPSA) is 29.3 Å². The molecule has 1 rings (SSSR count). The number of hydrogen-bond donors (Lipinski definition) is 1. The van der Waals surface area contributed by atoms with Gasteiger partial charge in [-0.05, 0) is 30.6 Å². The summed E-state index contributed by atoms with van der Waals surface area (Å²) in [5, 5.41) is 0.833. The number of nitrogens with two attached hydrogens (primary N) is 1. The van der Waals surface area contributed by atoms with E-state index >= 15 is 0 Å². The molecule has 0 saturated carbocycles. The van der Waals surface area contributed by atoms with Crippen LogP contribution >= 0.6 is 24.0 Å². The summed E-state index contributed by atoms with van der Waals surface area (Å²) in [7, 11) is 2.10. The summed E-state index contributed by atoms with van der Waals surface area (Å²) >= 11 is 6.12. The third-order valence-corrected chi connectivity index (χ3v) is 3.02. The summed E-state index contributed by atoms with van der Waals surface area (Å²) in [5.41, 5.74) is 7.04. The Morgan fingerprint density at radius 3 is 2.41 bits per heavy atom. The second-order valence-corrected chi connectivity index (χ2v) is 5.54. The smallest absolute Gasteiger partial charge is 0.0451 e. The van der Waals surface area contributed by atoms with E-state index < -0.39 is 0 Å². The molecule has 2 N–H and O–H groups in total. The standard InChI is InChI=1S/C13H21ClN2.ClH/c1-13(2,9-15)10-16(3)8-11-6-4-5-7-12(11)14;/h4-7H,8-10,15H2,1-3H3;1H. The zero-order chi connectivity index (χ0) is 12.2. The van der Waals surface area contributed by atoms with Crippen LogP contribution in [0.2, 0.25) is 5.02 Å². The fourth-order valence-electron chi connectivity index (χ4n) is 1.77. The van der Waals surface area contributed by atoms with E-state index in [4.69, 9.17) is 17.3 Å². The van der Waals surface area contributed by atoms with Gasteiger partial charge in [-0.25, -0.2) is 0 Å². The molecule has 0 atom stereocenters. The van der Waals surface area contributed by atoms with E-state index in [0.29, 0.717) is 6.54 Å². The minimum atomic E-state index is 0. The van der Waals surface area contributed by atoms with E-state index in [1.807, 2.05) is 18.2 Å². The van der Waals surface area contributed by atoms with Gasteiger partial charge in [0.2, 0.25) is 0 Å². The average Bonchev–Trinajstić information content (AvgIpc) is 2.21. The molecule has 0 radical (unpaired) electrons. The number of benzene rings is 1. The first kappa shape index (κ1) is 16.7. The van der Waals surface area contributed by atoms with Crippen molar-refractivity contribution in [2.75, 3.05) is 20.1 Å². The van der Waals surface area contributed by atoms with E-state index in [9.17, 15) is 0 Å². The zero-order valence-electron chi connectivity index (χ0n) is 10.7. The molecule has 17 heavy (non-hydrogen) atoms. The van der Waals surface area contributed by atoms with Crippen molar-refractivity contribution in [2.45, 2.75) is 20.4 Å². The second kappa shape index (κ2) is 7.22. The third-order valence-electron chi connectivity index (χ3n) is 2.65. The van der Waals surface area contributed by atoms with Crippen LogP contribution in [0.3, 0.4) is 0 Å². The summed E-state index contributed by atoms with van der Waals surface area (Å²) in [5.74, 6) is 0. The van der Waals surface area contributed by atoms with Crippen LogP contribution in [-0.2, 0) is 6.54 Å². The molecule has 0 bridgehead atoms. The first-order valence-electron chi connectivity index (χ1n) is 5.56. The number of nitrogens with zero attached hydrogens (tertiary/aromatic N) is 1. The highest BCUT2D eigenvalue weighted by Crippen LogP contribution is 2.19. The monoisotopic (exact) mass is 276 g/mol. The van der Waals surface area contributed by atoms with Crippen molar-refractivity contribution in [1.29, 1.82) is 0 Å². The van der Waals surface area contributed by atoms with Gasteiger partial charge in [-0.2, -0.15) is 0 Å². The van der Waals surface area contributed by atoms with Gasteiger partial charge in [0.15, 0.2) is 0 Å². The Morgan fingerprint density at radius 1 is 1.29 bits per heavy atom. The third kappa shape index (κ3) is 5.73. The van der Waals surface area contributed by atoms with Crippen LogP contribution in [0, 0.1) is 5.41 Å². The minimum absolute atomic E-state index is 0. The average molecular weight is 277 g/mol. The van der Waals surface area contributed by atoms with Gasteiger partial charge in [0, 0.05) is 18.1 Å². The highest BCUT2D eigenvalue weighted by molar-refractivity contribution is 6.31. The molecule has 0 saturated heterocycles. The molecule has 98 valence electrons. The lowest BCUT2D eigenvalue weighted by molar-refractivity contribution is 0.210. The molecule has 2 nitrogen and oxygen atoms in total. The van der Waals surface area contributed by atoms with Crippen molar-refractivity contribution in [3.63, 3.8) is 0 Å². The molecule has 0 amide bonds. The van der Waals surface area contributed by atoms with E-state index in [-0.39, 0.29) is 17.8 Å². The van der Waals surface area contributed by atoms with Crippen molar-refractivity contribution in [2.24, 2.45) is 11.1 Å². The zero-order valence-corrected chi connectivity index (χ0v) is 12.3. The first-order valence-corrected chi connectivity index (χ1v) is 5.94. The molecule has 1 aromatic rings. The molecule has 1 aromatic carbocycles. The molecule has 0 unspecified atom stereocenters. The molecule has 0 aromatic heterocycles. The van der Waals surface area contributed by atoms with E-state index in [1.165, 1.54) is 5.56 Å². The number of rotatable bonds is 5. The Kier molecular flexibility index (Phi) is 7.10. The van der Waals surface area contributed by atoms with Gasteiger partial charge >= 0.3 is 0 Å². The normalized spacial score (nSPS) is 11.4. The quantitative estimate of drug-likeness (QED) is 0.895. The van der Waals surface area contributed by atoms with Crippen LogP contribution in [0.5, 0.6) is 0 Å². The first-order chi connectivity index (χ1) is 7.44. The maximum absolute atomic E-state index is 6.12. The van der Waals surface area contributed by atoms with Crippen LogP contribution in [-0.4, -0.2) is 25.0 Å². The van der Waals surface area contributed by atoms with Gasteiger partial charge in [-0.3, -0.25) is 0 Å². The number of halogens is 2. The predicted molar refractivity (Wildman–Crippen MR) is 77.9 cm³/mol. The molecule has 4 heteroatoms. The van der Waals surface area contributed by atoms with Crippen molar-refractivity contribution >= 4 is 24.0 Å². The van der Waals surface area contributed by atoms with Gasteiger partial charge in [0.1, 0.15) is 0 Å². The van der Waals surface area contributed by atoms with Crippen molar-refractivity contribution in [3.05, 3.63) is 34.9 Å². The van der Waals surface area contributed by atoms with Gasteiger partial charge in [0.25, 0.3) is 0 Å². The van der Waals surface area contributed by atoms with Gasteiger partial charge in [-0.15, -0.1) is 12.4 Å². The summed E-state index contributed by atoms with van der Waals surface area (Å²) in [4.78, 5) is 2.26. The molecule has 0 fully saturated rings. The van der Waals surface area contributed by atoms with Crippen LogP contribution in [0.15, 0.2) is 24.3 Å². The Bertz CT molecular complexity index is 340. The molecule has 0 aliphatic heterocycles. The molecular formula is C13H22Cl2N2. The maximum atomic E-state index is 6.12. The second-order valence-electron chi connectivity index (χ2n) is 5.13. The fourth-order valence-corrected chi connectivity index (χ4v) is 1.96. The van der Waals surface area contributed by atoms with Gasteiger partial charge < -0.3 is 10.6 Å². The molecule has 0 spiro atoms. The molecule has 0 heterocycles. The van der Waals surface area contributed by atoms with E-state index in [1.54, 1.807) is 0 Å². The Morgan fingerprint density at radius 2 is 1.88 bits per heavy atom. The van der Waals surface area contributed by atoms with E-state index in [0.717, 1.165) is 18.1 Å².